The Morgan fingerprint density at radius 1 is 1.33 bits per heavy atom. The van der Waals surface area contributed by atoms with Gasteiger partial charge >= 0.3 is 0 Å². The van der Waals surface area contributed by atoms with Gasteiger partial charge in [-0.3, -0.25) is 4.79 Å². The van der Waals surface area contributed by atoms with Crippen LogP contribution < -0.4 is 5.73 Å². The van der Waals surface area contributed by atoms with Crippen molar-refractivity contribution in [2.24, 2.45) is 17.6 Å². The van der Waals surface area contributed by atoms with E-state index in [2.05, 4.69) is 4.90 Å². The number of hydrogen-bond donors (Lipinski definition) is 1. The molecule has 0 aliphatic carbocycles. The number of piperidine rings is 1. The summed E-state index contributed by atoms with van der Waals surface area (Å²) in [5.41, 5.74) is 5.32. The molecule has 0 aromatic heterocycles. The van der Waals surface area contributed by atoms with Crippen molar-refractivity contribution in [3.05, 3.63) is 0 Å². The zero-order valence-electron chi connectivity index (χ0n) is 7.33. The van der Waals surface area contributed by atoms with Gasteiger partial charge in [0.25, 0.3) is 0 Å². The summed E-state index contributed by atoms with van der Waals surface area (Å²) >= 11 is 0. The fourth-order valence-electron chi connectivity index (χ4n) is 2.40. The first-order chi connectivity index (χ1) is 5.75. The molecule has 1 unspecified atom stereocenters. The SMILES string of the molecule is NC(=O)C1CC2CCN(CC2)C1. The standard InChI is InChI=1S/C9H16N2O/c10-9(12)8-5-7-1-3-11(6-8)4-2-7/h7-8H,1-6H2,(H2,10,12). The highest BCUT2D eigenvalue weighted by Crippen LogP contribution is 2.29. The Hall–Kier alpha value is -0.570. The summed E-state index contributed by atoms with van der Waals surface area (Å²) in [6, 6.07) is 0. The molecular weight excluding hydrogens is 152 g/mol. The zero-order valence-corrected chi connectivity index (χ0v) is 7.33. The van der Waals surface area contributed by atoms with Crippen molar-refractivity contribution in [3.63, 3.8) is 0 Å². The second-order valence-electron chi connectivity index (χ2n) is 4.08. The number of nitrogens with two attached hydrogens (primary N) is 1. The van der Waals surface area contributed by atoms with Crippen molar-refractivity contribution in [3.8, 4) is 0 Å². The second-order valence-corrected chi connectivity index (χ2v) is 4.08. The first-order valence-corrected chi connectivity index (χ1v) is 4.77. The maximum atomic E-state index is 11.0. The van der Waals surface area contributed by atoms with Gasteiger partial charge in [-0.25, -0.2) is 0 Å². The highest BCUT2D eigenvalue weighted by molar-refractivity contribution is 5.76. The predicted molar refractivity (Wildman–Crippen MR) is 46.5 cm³/mol. The van der Waals surface area contributed by atoms with Crippen LogP contribution in [0.2, 0.25) is 0 Å². The zero-order chi connectivity index (χ0) is 8.55. The molecule has 0 spiro atoms. The second kappa shape index (κ2) is 3.05. The van der Waals surface area contributed by atoms with Gasteiger partial charge in [0.05, 0.1) is 5.92 Å². The summed E-state index contributed by atoms with van der Waals surface area (Å²) in [6.07, 6.45) is 3.57. The Kier molecular flexibility index (Phi) is 2.05. The maximum Gasteiger partial charge on any atom is 0.221 e. The molecule has 3 heterocycles. The van der Waals surface area contributed by atoms with Crippen molar-refractivity contribution in [2.45, 2.75) is 19.3 Å². The van der Waals surface area contributed by atoms with Crippen LogP contribution in [0.15, 0.2) is 0 Å². The minimum absolute atomic E-state index is 0.103. The summed E-state index contributed by atoms with van der Waals surface area (Å²) in [5.74, 6) is 0.787. The molecule has 3 aliphatic rings. The number of fused-ring (bicyclic) bond motifs is 4. The van der Waals surface area contributed by atoms with Gasteiger partial charge in [0.15, 0.2) is 0 Å². The lowest BCUT2D eigenvalue weighted by Gasteiger charge is -2.26. The van der Waals surface area contributed by atoms with E-state index in [4.69, 9.17) is 5.73 Å². The minimum Gasteiger partial charge on any atom is -0.369 e. The average Bonchev–Trinajstić information content (AvgIpc) is 2.36. The van der Waals surface area contributed by atoms with Gasteiger partial charge in [-0.1, -0.05) is 0 Å². The van der Waals surface area contributed by atoms with E-state index < -0.39 is 0 Å². The molecule has 3 nitrogen and oxygen atoms in total. The molecule has 3 saturated heterocycles. The smallest absolute Gasteiger partial charge is 0.221 e. The first-order valence-electron chi connectivity index (χ1n) is 4.77. The normalized spacial score (nSPS) is 40.8. The fourth-order valence-corrected chi connectivity index (χ4v) is 2.40. The van der Waals surface area contributed by atoms with Crippen LogP contribution in [0.5, 0.6) is 0 Å². The molecule has 0 aromatic rings. The van der Waals surface area contributed by atoms with E-state index in [9.17, 15) is 4.79 Å². The molecule has 3 heteroatoms. The monoisotopic (exact) mass is 168 g/mol. The third kappa shape index (κ3) is 1.46. The lowest BCUT2D eigenvalue weighted by Crippen LogP contribution is -2.35. The Bertz CT molecular complexity index is 171. The molecule has 0 radical (unpaired) electrons. The van der Waals surface area contributed by atoms with E-state index in [1.54, 1.807) is 0 Å². The average molecular weight is 168 g/mol. The lowest BCUT2D eigenvalue weighted by atomic mass is 9.91. The number of primary amides is 1. The Balaban J connectivity index is 2.06. The molecule has 2 N–H and O–H groups in total. The predicted octanol–water partition coefficient (Wildman–Crippen LogP) is 0.204. The van der Waals surface area contributed by atoms with Crippen LogP contribution in [0, 0.1) is 11.8 Å². The van der Waals surface area contributed by atoms with Gasteiger partial charge in [-0.15, -0.1) is 0 Å². The largest absolute Gasteiger partial charge is 0.369 e. The van der Waals surface area contributed by atoms with Crippen LogP contribution in [-0.2, 0) is 4.79 Å². The minimum atomic E-state index is -0.103. The van der Waals surface area contributed by atoms with Crippen LogP contribution in [0.3, 0.4) is 0 Å². The van der Waals surface area contributed by atoms with E-state index in [-0.39, 0.29) is 11.8 Å². The number of rotatable bonds is 1. The van der Waals surface area contributed by atoms with E-state index in [1.807, 2.05) is 0 Å². The molecule has 0 saturated carbocycles. The number of carbonyl (C=O) groups is 1. The Labute approximate surface area is 72.9 Å². The number of nitrogens with zero attached hydrogens (tertiary/aromatic N) is 1. The van der Waals surface area contributed by atoms with Gasteiger partial charge < -0.3 is 10.6 Å². The first kappa shape index (κ1) is 8.05. The van der Waals surface area contributed by atoms with Crippen molar-refractivity contribution in [2.75, 3.05) is 19.6 Å². The van der Waals surface area contributed by atoms with E-state index in [0.717, 1.165) is 18.9 Å². The summed E-state index contributed by atoms with van der Waals surface area (Å²) in [7, 11) is 0. The molecule has 1 atom stereocenters. The number of amides is 1. The summed E-state index contributed by atoms with van der Waals surface area (Å²) in [6.45, 7) is 3.26. The molecule has 3 fully saturated rings. The molecule has 68 valence electrons. The van der Waals surface area contributed by atoms with Crippen LogP contribution in [-0.4, -0.2) is 30.4 Å². The lowest BCUT2D eigenvalue weighted by molar-refractivity contribution is -0.122. The fraction of sp³-hybridized carbons (Fsp3) is 0.889. The van der Waals surface area contributed by atoms with Crippen molar-refractivity contribution in [1.82, 2.24) is 4.90 Å². The molecule has 3 aliphatic heterocycles. The molecule has 12 heavy (non-hydrogen) atoms. The topological polar surface area (TPSA) is 46.3 Å². The summed E-state index contributed by atoms with van der Waals surface area (Å²) in [5, 5.41) is 0. The molecule has 2 bridgehead atoms. The van der Waals surface area contributed by atoms with Crippen LogP contribution in [0.1, 0.15) is 19.3 Å². The van der Waals surface area contributed by atoms with Crippen molar-refractivity contribution >= 4 is 5.91 Å². The van der Waals surface area contributed by atoms with Crippen LogP contribution >= 0.6 is 0 Å². The van der Waals surface area contributed by atoms with Gasteiger partial charge in [-0.2, -0.15) is 0 Å². The Morgan fingerprint density at radius 2 is 2.00 bits per heavy atom. The third-order valence-electron chi connectivity index (χ3n) is 3.21. The number of hydrogen-bond acceptors (Lipinski definition) is 2. The highest BCUT2D eigenvalue weighted by Gasteiger charge is 2.31. The van der Waals surface area contributed by atoms with Gasteiger partial charge in [0, 0.05) is 6.54 Å². The summed E-state index contributed by atoms with van der Waals surface area (Å²) in [4.78, 5) is 13.4. The van der Waals surface area contributed by atoms with Gasteiger partial charge in [-0.05, 0) is 38.3 Å². The molecule has 3 rings (SSSR count). The van der Waals surface area contributed by atoms with E-state index in [1.165, 1.54) is 25.9 Å². The molecule has 1 amide bonds. The van der Waals surface area contributed by atoms with Crippen LogP contribution in [0.4, 0.5) is 0 Å². The quantitative estimate of drug-likeness (QED) is 0.608. The van der Waals surface area contributed by atoms with Crippen molar-refractivity contribution < 1.29 is 4.79 Å². The van der Waals surface area contributed by atoms with Gasteiger partial charge in [0.2, 0.25) is 5.91 Å². The maximum absolute atomic E-state index is 11.0. The Morgan fingerprint density at radius 3 is 2.58 bits per heavy atom. The van der Waals surface area contributed by atoms with Crippen molar-refractivity contribution in [1.29, 1.82) is 0 Å². The third-order valence-corrected chi connectivity index (χ3v) is 3.21. The molecular formula is C9H16N2O. The summed E-state index contributed by atoms with van der Waals surface area (Å²) < 4.78 is 0. The highest BCUT2D eigenvalue weighted by atomic mass is 16.1. The van der Waals surface area contributed by atoms with Gasteiger partial charge in [0.1, 0.15) is 0 Å². The van der Waals surface area contributed by atoms with Crippen LogP contribution in [0.25, 0.3) is 0 Å². The van der Waals surface area contributed by atoms with E-state index in [0.29, 0.717) is 0 Å². The van der Waals surface area contributed by atoms with E-state index >= 15 is 0 Å². The number of carbonyl (C=O) groups excluding carboxylic acids is 1. The molecule has 0 aromatic carbocycles.